The molecule has 114 valence electrons. The molecule has 21 heavy (non-hydrogen) atoms. The van der Waals surface area contributed by atoms with Crippen LogP contribution in [-0.2, 0) is 20.8 Å². The van der Waals surface area contributed by atoms with Crippen molar-refractivity contribution < 1.29 is 24.6 Å². The maximum Gasteiger partial charge on any atom is 0.326 e. The number of nitrogens with one attached hydrogen (secondary N) is 1. The number of rotatable bonds is 8. The number of amides is 1. The summed E-state index contributed by atoms with van der Waals surface area (Å²) < 4.78 is 0. The molecule has 2 atom stereocenters. The van der Waals surface area contributed by atoms with E-state index in [0.717, 1.165) is 5.56 Å². The molecule has 5 N–H and O–H groups in total. The number of carbonyl (C=O) groups is 3. The first-order chi connectivity index (χ1) is 9.90. The monoisotopic (exact) mass is 294 g/mol. The van der Waals surface area contributed by atoms with Gasteiger partial charge in [-0.3, -0.25) is 9.59 Å². The molecule has 0 aliphatic rings. The van der Waals surface area contributed by atoms with E-state index in [2.05, 4.69) is 5.32 Å². The fourth-order valence-corrected chi connectivity index (χ4v) is 1.74. The summed E-state index contributed by atoms with van der Waals surface area (Å²) in [5, 5.41) is 20.0. The minimum atomic E-state index is -1.17. The van der Waals surface area contributed by atoms with Crippen LogP contribution in [0, 0.1) is 0 Å². The van der Waals surface area contributed by atoms with Gasteiger partial charge in [-0.1, -0.05) is 30.3 Å². The van der Waals surface area contributed by atoms with Crippen LogP contribution in [0.2, 0.25) is 0 Å². The second-order valence-electron chi connectivity index (χ2n) is 4.63. The lowest BCUT2D eigenvalue weighted by molar-refractivity contribution is -0.142. The van der Waals surface area contributed by atoms with Gasteiger partial charge in [0.05, 0.1) is 6.04 Å². The second kappa shape index (κ2) is 8.01. The largest absolute Gasteiger partial charge is 0.481 e. The highest BCUT2D eigenvalue weighted by Gasteiger charge is 2.23. The van der Waals surface area contributed by atoms with E-state index in [1.165, 1.54) is 0 Å². The van der Waals surface area contributed by atoms with Crippen LogP contribution in [0.1, 0.15) is 18.4 Å². The Morgan fingerprint density at radius 2 is 1.76 bits per heavy atom. The predicted octanol–water partition coefficient (Wildman–Crippen LogP) is -0.00940. The first-order valence-electron chi connectivity index (χ1n) is 6.44. The van der Waals surface area contributed by atoms with Crippen molar-refractivity contribution >= 4 is 17.8 Å². The molecule has 0 aliphatic heterocycles. The molecule has 0 saturated heterocycles. The number of carbonyl (C=O) groups excluding carboxylic acids is 1. The maximum atomic E-state index is 11.8. The molecule has 0 aromatic heterocycles. The molecule has 0 heterocycles. The fraction of sp³-hybridized carbons (Fsp3) is 0.357. The number of hydrogen-bond donors (Lipinski definition) is 4. The Labute approximate surface area is 121 Å². The van der Waals surface area contributed by atoms with Gasteiger partial charge in [0.25, 0.3) is 0 Å². The van der Waals surface area contributed by atoms with Crippen LogP contribution in [0.5, 0.6) is 0 Å². The Balaban J connectivity index is 2.60. The quantitative estimate of drug-likeness (QED) is 0.533. The predicted molar refractivity (Wildman–Crippen MR) is 74.6 cm³/mol. The van der Waals surface area contributed by atoms with E-state index in [4.69, 9.17) is 15.9 Å². The molecule has 7 heteroatoms. The van der Waals surface area contributed by atoms with Gasteiger partial charge in [0.2, 0.25) is 5.91 Å². The van der Waals surface area contributed by atoms with Crippen molar-refractivity contribution in [3.05, 3.63) is 35.9 Å². The highest BCUT2D eigenvalue weighted by Crippen LogP contribution is 2.04. The Bertz CT molecular complexity index is 503. The molecule has 1 rings (SSSR count). The van der Waals surface area contributed by atoms with Gasteiger partial charge in [0, 0.05) is 12.8 Å². The molecular formula is C14H18N2O5. The highest BCUT2D eigenvalue weighted by atomic mass is 16.4. The molecule has 0 spiro atoms. The lowest BCUT2D eigenvalue weighted by atomic mass is 10.0. The normalized spacial score (nSPS) is 13.2. The topological polar surface area (TPSA) is 130 Å². The van der Waals surface area contributed by atoms with Crippen LogP contribution < -0.4 is 11.1 Å². The van der Waals surface area contributed by atoms with Crippen molar-refractivity contribution in [2.45, 2.75) is 31.3 Å². The van der Waals surface area contributed by atoms with Crippen molar-refractivity contribution in [1.29, 1.82) is 0 Å². The summed E-state index contributed by atoms with van der Waals surface area (Å²) in [5.41, 5.74) is 6.31. The van der Waals surface area contributed by atoms with Crippen molar-refractivity contribution in [3.8, 4) is 0 Å². The minimum absolute atomic E-state index is 0.0428. The van der Waals surface area contributed by atoms with E-state index in [9.17, 15) is 14.4 Å². The van der Waals surface area contributed by atoms with Crippen LogP contribution in [0.4, 0.5) is 0 Å². The Morgan fingerprint density at radius 1 is 1.14 bits per heavy atom. The summed E-state index contributed by atoms with van der Waals surface area (Å²) >= 11 is 0. The van der Waals surface area contributed by atoms with Gasteiger partial charge < -0.3 is 21.3 Å². The van der Waals surface area contributed by atoms with Crippen LogP contribution in [-0.4, -0.2) is 40.1 Å². The summed E-state index contributed by atoms with van der Waals surface area (Å²) in [7, 11) is 0. The number of carboxylic acid groups (broad SMARTS) is 2. The van der Waals surface area contributed by atoms with Crippen LogP contribution in [0.25, 0.3) is 0 Å². The summed E-state index contributed by atoms with van der Waals surface area (Å²) in [6.07, 6.45) is -0.155. The second-order valence-corrected chi connectivity index (χ2v) is 4.63. The highest BCUT2D eigenvalue weighted by molar-refractivity contribution is 5.87. The Kier molecular flexibility index (Phi) is 6.35. The smallest absolute Gasteiger partial charge is 0.326 e. The van der Waals surface area contributed by atoms with Crippen LogP contribution >= 0.6 is 0 Å². The molecule has 7 nitrogen and oxygen atoms in total. The van der Waals surface area contributed by atoms with E-state index < -0.39 is 29.9 Å². The zero-order valence-corrected chi connectivity index (χ0v) is 11.4. The number of nitrogens with two attached hydrogens (primary N) is 1. The van der Waals surface area contributed by atoms with Crippen molar-refractivity contribution in [3.63, 3.8) is 0 Å². The minimum Gasteiger partial charge on any atom is -0.481 e. The molecule has 0 saturated carbocycles. The SMILES string of the molecule is N[C@H](CCC(=O)O)C(=O)N[C@@H](Cc1ccccc1)C(=O)O. The van der Waals surface area contributed by atoms with Gasteiger partial charge in [0.15, 0.2) is 0 Å². The molecule has 0 bridgehead atoms. The molecule has 0 unspecified atom stereocenters. The van der Waals surface area contributed by atoms with E-state index in [1.807, 2.05) is 0 Å². The fourth-order valence-electron chi connectivity index (χ4n) is 1.74. The molecule has 1 amide bonds. The van der Waals surface area contributed by atoms with Gasteiger partial charge in [0.1, 0.15) is 6.04 Å². The first-order valence-corrected chi connectivity index (χ1v) is 6.44. The van der Waals surface area contributed by atoms with Gasteiger partial charge >= 0.3 is 11.9 Å². The van der Waals surface area contributed by atoms with Gasteiger partial charge in [-0.15, -0.1) is 0 Å². The number of aliphatic carboxylic acids is 2. The summed E-state index contributed by atoms with van der Waals surface area (Å²) in [5.74, 6) is -2.89. The number of carboxylic acids is 2. The zero-order chi connectivity index (χ0) is 15.8. The number of benzene rings is 1. The summed E-state index contributed by atoms with van der Waals surface area (Å²) in [6, 6.07) is 6.72. The molecule has 0 radical (unpaired) electrons. The third-order valence-corrected chi connectivity index (χ3v) is 2.90. The van der Waals surface area contributed by atoms with Gasteiger partial charge in [-0.25, -0.2) is 4.79 Å². The zero-order valence-electron chi connectivity index (χ0n) is 11.4. The van der Waals surface area contributed by atoms with Crippen molar-refractivity contribution in [2.75, 3.05) is 0 Å². The molecule has 1 aromatic rings. The van der Waals surface area contributed by atoms with Crippen molar-refractivity contribution in [1.82, 2.24) is 5.32 Å². The van der Waals surface area contributed by atoms with Crippen LogP contribution in [0.15, 0.2) is 30.3 Å². The molecule has 1 aromatic carbocycles. The lowest BCUT2D eigenvalue weighted by Crippen LogP contribution is -2.49. The Morgan fingerprint density at radius 3 is 2.29 bits per heavy atom. The van der Waals surface area contributed by atoms with Gasteiger partial charge in [-0.2, -0.15) is 0 Å². The van der Waals surface area contributed by atoms with E-state index in [-0.39, 0.29) is 19.3 Å². The standard InChI is InChI=1S/C14H18N2O5/c15-10(6-7-12(17)18)13(19)16-11(14(20)21)8-9-4-2-1-3-5-9/h1-5,10-11H,6-8,15H2,(H,16,19)(H,17,18)(H,20,21)/t10-,11+/m1/s1. The Hall–Kier alpha value is -2.41. The van der Waals surface area contributed by atoms with Gasteiger partial charge in [-0.05, 0) is 12.0 Å². The average Bonchev–Trinajstić information content (AvgIpc) is 2.44. The van der Waals surface area contributed by atoms with Crippen LogP contribution in [0.3, 0.4) is 0 Å². The van der Waals surface area contributed by atoms with E-state index in [0.29, 0.717) is 0 Å². The summed E-state index contributed by atoms with van der Waals surface area (Å²) in [4.78, 5) is 33.4. The molecule has 0 aliphatic carbocycles. The average molecular weight is 294 g/mol. The third-order valence-electron chi connectivity index (χ3n) is 2.90. The molecular weight excluding hydrogens is 276 g/mol. The van der Waals surface area contributed by atoms with Crippen molar-refractivity contribution in [2.24, 2.45) is 5.73 Å². The molecule has 0 fully saturated rings. The van der Waals surface area contributed by atoms with E-state index >= 15 is 0 Å². The number of hydrogen-bond acceptors (Lipinski definition) is 4. The first kappa shape index (κ1) is 16.6. The lowest BCUT2D eigenvalue weighted by Gasteiger charge is -2.17. The van der Waals surface area contributed by atoms with E-state index in [1.54, 1.807) is 30.3 Å². The summed E-state index contributed by atoms with van der Waals surface area (Å²) in [6.45, 7) is 0. The third kappa shape index (κ3) is 6.05. The maximum absolute atomic E-state index is 11.8.